The first-order chi connectivity index (χ1) is 9.93. The van der Waals surface area contributed by atoms with E-state index in [0.29, 0.717) is 0 Å². The lowest BCUT2D eigenvalue weighted by Crippen LogP contribution is -2.35. The van der Waals surface area contributed by atoms with Crippen LogP contribution in [0.4, 0.5) is 11.6 Å². The van der Waals surface area contributed by atoms with Gasteiger partial charge in [-0.15, -0.1) is 0 Å². The lowest BCUT2D eigenvalue weighted by molar-refractivity contribution is 0.544. The molecule has 0 aliphatic carbocycles. The third-order valence-corrected chi connectivity index (χ3v) is 4.59. The first-order valence-corrected chi connectivity index (χ1v) is 9.04. The summed E-state index contributed by atoms with van der Waals surface area (Å²) in [5, 5.41) is 3.47. The fourth-order valence-electron chi connectivity index (χ4n) is 2.34. The van der Waals surface area contributed by atoms with E-state index in [1.54, 1.807) is 0 Å². The number of hydrogen-bond donors (Lipinski definition) is 1. The van der Waals surface area contributed by atoms with Crippen molar-refractivity contribution in [1.29, 1.82) is 0 Å². The Kier molecular flexibility index (Phi) is 5.36. The highest BCUT2D eigenvalue weighted by Gasteiger charge is 2.24. The van der Waals surface area contributed by atoms with Gasteiger partial charge in [0.25, 0.3) is 0 Å². The van der Waals surface area contributed by atoms with Crippen LogP contribution in [0, 0.1) is 6.92 Å². The van der Waals surface area contributed by atoms with Gasteiger partial charge in [-0.1, -0.05) is 27.7 Å². The van der Waals surface area contributed by atoms with E-state index < -0.39 is 0 Å². The molecule has 0 unspecified atom stereocenters. The third kappa shape index (κ3) is 4.02. The Morgan fingerprint density at radius 2 is 1.86 bits per heavy atom. The molecule has 1 aliphatic rings. The molecule has 0 amide bonds. The highest BCUT2D eigenvalue weighted by molar-refractivity contribution is 7.99. The van der Waals surface area contributed by atoms with E-state index in [1.807, 2.05) is 11.8 Å². The molecule has 0 atom stereocenters. The molecule has 0 bridgehead atoms. The molecule has 2 rings (SSSR count). The number of nitrogens with zero attached hydrogens (tertiary/aromatic N) is 3. The van der Waals surface area contributed by atoms with Crippen LogP contribution in [-0.4, -0.2) is 41.1 Å². The monoisotopic (exact) mass is 308 g/mol. The second-order valence-corrected chi connectivity index (χ2v) is 7.85. The van der Waals surface area contributed by atoms with Crippen LogP contribution in [0.3, 0.4) is 0 Å². The number of thioether (sulfide) groups is 1. The van der Waals surface area contributed by atoms with Gasteiger partial charge in [0, 0.05) is 42.1 Å². The highest BCUT2D eigenvalue weighted by Crippen LogP contribution is 2.29. The summed E-state index contributed by atoms with van der Waals surface area (Å²) in [4.78, 5) is 12.1. The Morgan fingerprint density at radius 1 is 1.19 bits per heavy atom. The summed E-state index contributed by atoms with van der Waals surface area (Å²) in [6.45, 7) is 14.0. The summed E-state index contributed by atoms with van der Waals surface area (Å²) in [5.74, 6) is 5.43. The number of hydrogen-bond acceptors (Lipinski definition) is 5. The van der Waals surface area contributed by atoms with Crippen molar-refractivity contribution in [3.63, 3.8) is 0 Å². The molecule has 21 heavy (non-hydrogen) atoms. The molecule has 5 heteroatoms. The van der Waals surface area contributed by atoms with Gasteiger partial charge < -0.3 is 10.2 Å². The van der Waals surface area contributed by atoms with Crippen molar-refractivity contribution >= 4 is 23.4 Å². The van der Waals surface area contributed by atoms with Crippen molar-refractivity contribution in [2.24, 2.45) is 0 Å². The van der Waals surface area contributed by atoms with Crippen molar-refractivity contribution in [3.8, 4) is 0 Å². The van der Waals surface area contributed by atoms with Crippen LogP contribution < -0.4 is 10.2 Å². The van der Waals surface area contributed by atoms with E-state index in [-0.39, 0.29) is 5.41 Å². The van der Waals surface area contributed by atoms with Gasteiger partial charge in [0.15, 0.2) is 0 Å². The minimum absolute atomic E-state index is 0.0321. The molecule has 1 N–H and O–H groups in total. The maximum absolute atomic E-state index is 4.90. The topological polar surface area (TPSA) is 41.1 Å². The summed E-state index contributed by atoms with van der Waals surface area (Å²) in [7, 11) is 0. The van der Waals surface area contributed by atoms with Gasteiger partial charge in [-0.05, 0) is 13.3 Å². The van der Waals surface area contributed by atoms with Crippen molar-refractivity contribution in [2.45, 2.75) is 46.5 Å². The van der Waals surface area contributed by atoms with E-state index >= 15 is 0 Å². The molecule has 0 radical (unpaired) electrons. The Balaban J connectivity index is 2.41. The van der Waals surface area contributed by atoms with Gasteiger partial charge in [0.2, 0.25) is 0 Å². The van der Waals surface area contributed by atoms with Crippen LogP contribution in [-0.2, 0) is 5.41 Å². The highest BCUT2D eigenvalue weighted by atomic mass is 32.2. The first kappa shape index (κ1) is 16.4. The number of nitrogens with one attached hydrogen (secondary N) is 1. The van der Waals surface area contributed by atoms with Crippen LogP contribution in [0.2, 0.25) is 0 Å². The molecule has 4 nitrogen and oxygen atoms in total. The van der Waals surface area contributed by atoms with Crippen LogP contribution in [0.25, 0.3) is 0 Å². The van der Waals surface area contributed by atoms with Crippen LogP contribution >= 0.6 is 11.8 Å². The van der Waals surface area contributed by atoms with E-state index in [1.165, 1.54) is 17.1 Å². The average molecular weight is 308 g/mol. The normalized spacial score (nSPS) is 16.1. The fraction of sp³-hybridized carbons (Fsp3) is 0.750. The van der Waals surface area contributed by atoms with Crippen LogP contribution in [0.1, 0.15) is 45.5 Å². The molecule has 1 fully saturated rings. The number of aromatic nitrogens is 2. The maximum atomic E-state index is 4.90. The number of rotatable bonds is 4. The second-order valence-electron chi connectivity index (χ2n) is 6.62. The van der Waals surface area contributed by atoms with E-state index in [0.717, 1.165) is 43.5 Å². The average Bonchev–Trinajstić information content (AvgIpc) is 2.46. The van der Waals surface area contributed by atoms with Crippen LogP contribution in [0.5, 0.6) is 0 Å². The Morgan fingerprint density at radius 3 is 2.43 bits per heavy atom. The largest absolute Gasteiger partial charge is 0.370 e. The molecule has 118 valence electrons. The summed E-state index contributed by atoms with van der Waals surface area (Å²) >= 11 is 2.03. The van der Waals surface area contributed by atoms with Crippen molar-refractivity contribution in [2.75, 3.05) is 41.4 Å². The minimum atomic E-state index is -0.0321. The lowest BCUT2D eigenvalue weighted by atomic mass is 9.95. The SMILES string of the molecule is CCCNc1nc(C(C)(C)C)nc(N2CCSCC2)c1C. The fourth-order valence-corrected chi connectivity index (χ4v) is 3.24. The van der Waals surface area contributed by atoms with Gasteiger partial charge in [-0.3, -0.25) is 0 Å². The van der Waals surface area contributed by atoms with Gasteiger partial charge >= 0.3 is 0 Å². The number of anilines is 2. The third-order valence-electron chi connectivity index (χ3n) is 3.64. The second kappa shape index (κ2) is 6.86. The molecule has 0 aromatic carbocycles. The van der Waals surface area contributed by atoms with Crippen molar-refractivity contribution in [1.82, 2.24) is 9.97 Å². The molecule has 2 heterocycles. The zero-order valence-corrected chi connectivity index (χ0v) is 14.8. The predicted octanol–water partition coefficient (Wildman–Crippen LogP) is 3.46. The molecule has 1 aliphatic heterocycles. The summed E-state index contributed by atoms with van der Waals surface area (Å²) in [5.41, 5.74) is 1.15. The van der Waals surface area contributed by atoms with Crippen molar-refractivity contribution in [3.05, 3.63) is 11.4 Å². The first-order valence-electron chi connectivity index (χ1n) is 7.89. The molecule has 1 aromatic rings. The predicted molar refractivity (Wildman–Crippen MR) is 93.8 cm³/mol. The van der Waals surface area contributed by atoms with E-state index in [4.69, 9.17) is 9.97 Å². The smallest absolute Gasteiger partial charge is 0.138 e. The molecule has 1 saturated heterocycles. The quantitative estimate of drug-likeness (QED) is 0.922. The minimum Gasteiger partial charge on any atom is -0.370 e. The molecule has 1 aromatic heterocycles. The lowest BCUT2D eigenvalue weighted by Gasteiger charge is -2.31. The molecular formula is C16H28N4S. The molecular weight excluding hydrogens is 280 g/mol. The summed E-state index contributed by atoms with van der Waals surface area (Å²) in [6.07, 6.45) is 1.10. The van der Waals surface area contributed by atoms with Crippen molar-refractivity contribution < 1.29 is 0 Å². The standard InChI is InChI=1S/C16H28N4S/c1-6-7-17-13-12(2)14(20-8-10-21-11-9-20)19-15(18-13)16(3,4)5/h6-11H2,1-5H3,(H,17,18,19). The van der Waals surface area contributed by atoms with E-state index in [2.05, 4.69) is 44.8 Å². The maximum Gasteiger partial charge on any atom is 0.138 e. The summed E-state index contributed by atoms with van der Waals surface area (Å²) < 4.78 is 0. The molecule has 0 spiro atoms. The van der Waals surface area contributed by atoms with Gasteiger partial charge in [0.05, 0.1) is 0 Å². The zero-order chi connectivity index (χ0) is 15.5. The van der Waals surface area contributed by atoms with Gasteiger partial charge in [-0.2, -0.15) is 11.8 Å². The van der Waals surface area contributed by atoms with Crippen LogP contribution in [0.15, 0.2) is 0 Å². The van der Waals surface area contributed by atoms with E-state index in [9.17, 15) is 0 Å². The van der Waals surface area contributed by atoms with Gasteiger partial charge in [-0.25, -0.2) is 9.97 Å². The Labute approximate surface area is 133 Å². The molecule has 0 saturated carbocycles. The Hall–Kier alpha value is -0.970. The summed E-state index contributed by atoms with van der Waals surface area (Å²) in [6, 6.07) is 0. The van der Waals surface area contributed by atoms with Gasteiger partial charge in [0.1, 0.15) is 17.5 Å². The zero-order valence-electron chi connectivity index (χ0n) is 14.0. The Bertz CT molecular complexity index is 476.